The maximum Gasteiger partial charge on any atom is 0.303 e. The normalized spacial score (nSPS) is 11.1. The second-order valence-corrected chi connectivity index (χ2v) is 6.34. The highest BCUT2D eigenvalue weighted by Gasteiger charge is 2.13. The summed E-state index contributed by atoms with van der Waals surface area (Å²) < 4.78 is 0. The Morgan fingerprint density at radius 3 is 2.17 bits per heavy atom. The standard InChI is InChI=1S/C15H28N6O2/c1-5-16-12-18-13(17-10-8-6-7-9-11(22)23)20-14(19-12)21-15(2,3)4/h5-10H2,1-4H3,(H,22,23)(H3,16,17,18,19,20,21). The van der Waals surface area contributed by atoms with Gasteiger partial charge in [0.1, 0.15) is 0 Å². The molecule has 1 aromatic heterocycles. The van der Waals surface area contributed by atoms with Crippen molar-refractivity contribution in [3.05, 3.63) is 0 Å². The summed E-state index contributed by atoms with van der Waals surface area (Å²) in [6, 6.07) is 0. The monoisotopic (exact) mass is 324 g/mol. The SMILES string of the molecule is CCNc1nc(NCCCCCC(=O)O)nc(NC(C)(C)C)n1. The second-order valence-electron chi connectivity index (χ2n) is 6.34. The summed E-state index contributed by atoms with van der Waals surface area (Å²) in [5, 5.41) is 18.1. The van der Waals surface area contributed by atoms with Crippen LogP contribution in [-0.4, -0.2) is 44.7 Å². The van der Waals surface area contributed by atoms with Crippen molar-refractivity contribution in [3.8, 4) is 0 Å². The molecular weight excluding hydrogens is 296 g/mol. The number of hydrogen-bond acceptors (Lipinski definition) is 7. The van der Waals surface area contributed by atoms with Crippen LogP contribution < -0.4 is 16.0 Å². The Morgan fingerprint density at radius 1 is 1.00 bits per heavy atom. The Kier molecular flexibility index (Phi) is 7.50. The van der Waals surface area contributed by atoms with Crippen molar-refractivity contribution in [2.45, 2.75) is 58.9 Å². The number of carboxylic acids is 1. The van der Waals surface area contributed by atoms with E-state index in [2.05, 4.69) is 30.9 Å². The first-order valence-electron chi connectivity index (χ1n) is 8.04. The first-order valence-corrected chi connectivity index (χ1v) is 8.04. The summed E-state index contributed by atoms with van der Waals surface area (Å²) in [5.74, 6) is 0.823. The van der Waals surface area contributed by atoms with Gasteiger partial charge in [-0.3, -0.25) is 4.79 Å². The Hall–Kier alpha value is -2.12. The molecule has 0 spiro atoms. The van der Waals surface area contributed by atoms with Crippen LogP contribution in [0.15, 0.2) is 0 Å². The summed E-state index contributed by atoms with van der Waals surface area (Å²) in [7, 11) is 0. The fraction of sp³-hybridized carbons (Fsp3) is 0.733. The van der Waals surface area contributed by atoms with Crippen LogP contribution in [0.3, 0.4) is 0 Å². The van der Waals surface area contributed by atoms with Crippen LogP contribution in [0.2, 0.25) is 0 Å². The zero-order valence-electron chi connectivity index (χ0n) is 14.4. The van der Waals surface area contributed by atoms with Crippen molar-refractivity contribution in [2.75, 3.05) is 29.0 Å². The molecule has 0 bridgehead atoms. The largest absolute Gasteiger partial charge is 0.481 e. The van der Waals surface area contributed by atoms with Crippen LogP contribution >= 0.6 is 0 Å². The number of aliphatic carboxylic acids is 1. The predicted molar refractivity (Wildman–Crippen MR) is 92.0 cm³/mol. The van der Waals surface area contributed by atoms with Gasteiger partial charge in [-0.15, -0.1) is 0 Å². The van der Waals surface area contributed by atoms with Gasteiger partial charge in [-0.25, -0.2) is 0 Å². The second kappa shape index (κ2) is 9.12. The van der Waals surface area contributed by atoms with E-state index in [0.29, 0.717) is 30.8 Å². The minimum Gasteiger partial charge on any atom is -0.481 e. The predicted octanol–water partition coefficient (Wildman–Crippen LogP) is 2.57. The third kappa shape index (κ3) is 8.80. The van der Waals surface area contributed by atoms with Gasteiger partial charge in [0, 0.05) is 25.0 Å². The molecule has 0 aliphatic carbocycles. The van der Waals surface area contributed by atoms with Crippen molar-refractivity contribution in [1.82, 2.24) is 15.0 Å². The van der Waals surface area contributed by atoms with E-state index < -0.39 is 5.97 Å². The molecule has 1 aromatic rings. The molecule has 0 aromatic carbocycles. The molecule has 1 heterocycles. The Labute approximate surface area is 137 Å². The fourth-order valence-electron chi connectivity index (χ4n) is 1.86. The number of nitrogens with one attached hydrogen (secondary N) is 3. The molecule has 0 fully saturated rings. The molecule has 130 valence electrons. The zero-order valence-corrected chi connectivity index (χ0v) is 14.4. The van der Waals surface area contributed by atoms with Crippen LogP contribution in [0.25, 0.3) is 0 Å². The lowest BCUT2D eigenvalue weighted by atomic mass is 10.1. The third-order valence-corrected chi connectivity index (χ3v) is 2.81. The molecule has 23 heavy (non-hydrogen) atoms. The number of hydrogen-bond donors (Lipinski definition) is 4. The maximum atomic E-state index is 10.4. The van der Waals surface area contributed by atoms with Crippen molar-refractivity contribution in [1.29, 1.82) is 0 Å². The van der Waals surface area contributed by atoms with Crippen LogP contribution in [0.5, 0.6) is 0 Å². The molecule has 8 heteroatoms. The zero-order chi connectivity index (χ0) is 17.3. The van der Waals surface area contributed by atoms with Crippen molar-refractivity contribution in [3.63, 3.8) is 0 Å². The smallest absolute Gasteiger partial charge is 0.303 e. The average molecular weight is 324 g/mol. The molecule has 0 unspecified atom stereocenters. The lowest BCUT2D eigenvalue weighted by Crippen LogP contribution is -2.28. The van der Waals surface area contributed by atoms with Gasteiger partial charge in [0.15, 0.2) is 0 Å². The molecule has 0 aliphatic rings. The Balaban J connectivity index is 2.57. The molecule has 1 rings (SSSR count). The molecule has 8 nitrogen and oxygen atoms in total. The van der Waals surface area contributed by atoms with Gasteiger partial charge in [0.05, 0.1) is 0 Å². The summed E-state index contributed by atoms with van der Waals surface area (Å²) in [6.07, 6.45) is 2.64. The van der Waals surface area contributed by atoms with E-state index in [0.717, 1.165) is 19.4 Å². The van der Waals surface area contributed by atoms with Gasteiger partial charge in [-0.1, -0.05) is 6.42 Å². The van der Waals surface area contributed by atoms with Crippen LogP contribution in [0, 0.1) is 0 Å². The summed E-state index contributed by atoms with van der Waals surface area (Å²) in [6.45, 7) is 9.53. The van der Waals surface area contributed by atoms with Crippen molar-refractivity contribution in [2.24, 2.45) is 0 Å². The quantitative estimate of drug-likeness (QED) is 0.486. The molecule has 0 aliphatic heterocycles. The maximum absolute atomic E-state index is 10.4. The van der Waals surface area contributed by atoms with Gasteiger partial charge in [-0.2, -0.15) is 15.0 Å². The first kappa shape index (κ1) is 18.9. The van der Waals surface area contributed by atoms with Gasteiger partial charge in [-0.05, 0) is 40.5 Å². The number of carbonyl (C=O) groups is 1. The van der Waals surface area contributed by atoms with E-state index in [1.807, 2.05) is 27.7 Å². The topological polar surface area (TPSA) is 112 Å². The number of aromatic nitrogens is 3. The summed E-state index contributed by atoms with van der Waals surface area (Å²) in [5.41, 5.74) is -0.140. The lowest BCUT2D eigenvalue weighted by Gasteiger charge is -2.21. The highest BCUT2D eigenvalue weighted by Crippen LogP contribution is 2.14. The number of nitrogens with zero attached hydrogens (tertiary/aromatic N) is 3. The van der Waals surface area contributed by atoms with E-state index in [9.17, 15) is 4.79 Å². The van der Waals surface area contributed by atoms with Crippen molar-refractivity contribution < 1.29 is 9.90 Å². The van der Waals surface area contributed by atoms with Crippen LogP contribution in [0.4, 0.5) is 17.8 Å². The summed E-state index contributed by atoms with van der Waals surface area (Å²) in [4.78, 5) is 23.5. The highest BCUT2D eigenvalue weighted by molar-refractivity contribution is 5.66. The molecule has 0 saturated heterocycles. The van der Waals surface area contributed by atoms with Gasteiger partial charge >= 0.3 is 5.97 Å². The van der Waals surface area contributed by atoms with Crippen molar-refractivity contribution >= 4 is 23.8 Å². The number of unbranched alkanes of at least 4 members (excludes halogenated alkanes) is 2. The van der Waals surface area contributed by atoms with E-state index >= 15 is 0 Å². The average Bonchev–Trinajstić information content (AvgIpc) is 2.40. The van der Waals surface area contributed by atoms with E-state index in [4.69, 9.17) is 5.11 Å². The number of carboxylic acid groups (broad SMARTS) is 1. The minimum absolute atomic E-state index is 0.140. The molecule has 0 saturated carbocycles. The molecule has 0 radical (unpaired) electrons. The number of rotatable bonds is 10. The van der Waals surface area contributed by atoms with Crippen LogP contribution in [-0.2, 0) is 4.79 Å². The minimum atomic E-state index is -0.747. The molecule has 0 amide bonds. The lowest BCUT2D eigenvalue weighted by molar-refractivity contribution is -0.137. The molecule has 0 atom stereocenters. The summed E-state index contributed by atoms with van der Waals surface area (Å²) >= 11 is 0. The number of anilines is 3. The van der Waals surface area contributed by atoms with E-state index in [-0.39, 0.29) is 12.0 Å². The Morgan fingerprint density at radius 2 is 1.61 bits per heavy atom. The third-order valence-electron chi connectivity index (χ3n) is 2.81. The highest BCUT2D eigenvalue weighted by atomic mass is 16.4. The molecule has 4 N–H and O–H groups in total. The van der Waals surface area contributed by atoms with Gasteiger partial charge in [0.25, 0.3) is 0 Å². The van der Waals surface area contributed by atoms with Gasteiger partial charge in [0.2, 0.25) is 17.8 Å². The fourth-order valence-corrected chi connectivity index (χ4v) is 1.86. The van der Waals surface area contributed by atoms with E-state index in [1.54, 1.807) is 0 Å². The van der Waals surface area contributed by atoms with Gasteiger partial charge < -0.3 is 21.1 Å². The first-order chi connectivity index (χ1) is 10.8. The Bertz CT molecular complexity index is 501. The molecular formula is C15H28N6O2. The van der Waals surface area contributed by atoms with Crippen LogP contribution in [0.1, 0.15) is 53.4 Å². The van der Waals surface area contributed by atoms with E-state index in [1.165, 1.54) is 0 Å².